The van der Waals surface area contributed by atoms with Crippen molar-refractivity contribution in [3.63, 3.8) is 0 Å². The molecule has 0 atom stereocenters. The summed E-state index contributed by atoms with van der Waals surface area (Å²) in [5.74, 6) is 11.7. The third-order valence-electron chi connectivity index (χ3n) is 1.85. The van der Waals surface area contributed by atoms with Crippen molar-refractivity contribution in [1.82, 2.24) is 0 Å². The van der Waals surface area contributed by atoms with Crippen LogP contribution in [0.4, 0.5) is 0 Å². The number of unbranched alkanes of at least 4 members (excludes halogenated alkanes) is 1. The largest absolute Gasteiger partial charge is 0.303 e. The molecule has 0 fully saturated rings. The molecule has 0 heterocycles. The van der Waals surface area contributed by atoms with Crippen LogP contribution in [0, 0.1) is 23.7 Å². The molecule has 0 aliphatic heterocycles. The Kier molecular flexibility index (Phi) is 5.24. The molecule has 1 aromatic carbocycles. The first-order valence-corrected chi connectivity index (χ1v) is 5.02. The predicted octanol–water partition coefficient (Wildman–Crippen LogP) is 2.55. The van der Waals surface area contributed by atoms with Crippen molar-refractivity contribution in [3.8, 4) is 23.7 Å². The Labute approximate surface area is 96.2 Å². The minimum absolute atomic E-state index is 0.480. The molecule has 0 saturated carbocycles. The highest BCUT2D eigenvalue weighted by Gasteiger charge is 1.93. The standard InChI is InChI=1S/C15H12O/c1-2-3-9-14-11-6-7-12-15(14)10-5-4-8-13-16/h2,6-7,11-13H,1,4,8H2. The lowest BCUT2D eigenvalue weighted by Crippen LogP contribution is -1.82. The number of carbonyl (C=O) groups is 1. The van der Waals surface area contributed by atoms with Crippen LogP contribution in [0.15, 0.2) is 36.9 Å². The fraction of sp³-hybridized carbons (Fsp3) is 0.133. The average Bonchev–Trinajstić information content (AvgIpc) is 2.33. The molecule has 16 heavy (non-hydrogen) atoms. The summed E-state index contributed by atoms with van der Waals surface area (Å²) in [6.07, 6.45) is 3.49. The summed E-state index contributed by atoms with van der Waals surface area (Å²) in [6.45, 7) is 3.54. The van der Waals surface area contributed by atoms with Crippen molar-refractivity contribution in [1.29, 1.82) is 0 Å². The first kappa shape index (κ1) is 11.8. The van der Waals surface area contributed by atoms with Crippen molar-refractivity contribution < 1.29 is 4.79 Å². The zero-order chi connectivity index (χ0) is 11.6. The third-order valence-corrected chi connectivity index (χ3v) is 1.85. The van der Waals surface area contributed by atoms with Gasteiger partial charge >= 0.3 is 0 Å². The van der Waals surface area contributed by atoms with Gasteiger partial charge in [0.05, 0.1) is 0 Å². The van der Waals surface area contributed by atoms with Gasteiger partial charge in [-0.3, -0.25) is 0 Å². The van der Waals surface area contributed by atoms with Gasteiger partial charge in [-0.25, -0.2) is 0 Å². The molecular weight excluding hydrogens is 196 g/mol. The molecule has 1 rings (SSSR count). The van der Waals surface area contributed by atoms with Crippen molar-refractivity contribution >= 4 is 6.29 Å². The summed E-state index contributed by atoms with van der Waals surface area (Å²) in [5, 5.41) is 0. The quantitative estimate of drug-likeness (QED) is 0.414. The predicted molar refractivity (Wildman–Crippen MR) is 65.7 cm³/mol. The fourth-order valence-corrected chi connectivity index (χ4v) is 1.12. The van der Waals surface area contributed by atoms with Gasteiger partial charge < -0.3 is 4.79 Å². The maximum absolute atomic E-state index is 10.1. The number of aldehydes is 1. The Hall–Kier alpha value is -2.25. The van der Waals surface area contributed by atoms with Crippen LogP contribution in [0.5, 0.6) is 0 Å². The molecule has 0 unspecified atom stereocenters. The van der Waals surface area contributed by atoms with Gasteiger partial charge in [-0.05, 0) is 18.2 Å². The number of hydrogen-bond donors (Lipinski definition) is 0. The van der Waals surface area contributed by atoms with Crippen LogP contribution in [0.25, 0.3) is 0 Å². The monoisotopic (exact) mass is 208 g/mol. The second-order valence-corrected chi connectivity index (χ2v) is 3.03. The Morgan fingerprint density at radius 3 is 2.50 bits per heavy atom. The minimum Gasteiger partial charge on any atom is -0.303 e. The molecule has 0 radical (unpaired) electrons. The molecule has 0 bridgehead atoms. The molecule has 1 aromatic rings. The second-order valence-electron chi connectivity index (χ2n) is 3.03. The lowest BCUT2D eigenvalue weighted by Gasteiger charge is -1.94. The van der Waals surface area contributed by atoms with E-state index in [1.165, 1.54) is 0 Å². The van der Waals surface area contributed by atoms with Gasteiger partial charge in [-0.2, -0.15) is 0 Å². The van der Waals surface area contributed by atoms with E-state index >= 15 is 0 Å². The first-order chi connectivity index (χ1) is 7.88. The highest BCUT2D eigenvalue weighted by molar-refractivity contribution is 5.52. The fourth-order valence-electron chi connectivity index (χ4n) is 1.12. The highest BCUT2D eigenvalue weighted by Crippen LogP contribution is 2.05. The van der Waals surface area contributed by atoms with E-state index in [4.69, 9.17) is 0 Å². The van der Waals surface area contributed by atoms with E-state index in [0.717, 1.165) is 17.4 Å². The zero-order valence-corrected chi connectivity index (χ0v) is 8.99. The van der Waals surface area contributed by atoms with Crippen LogP contribution >= 0.6 is 0 Å². The third kappa shape index (κ3) is 3.86. The van der Waals surface area contributed by atoms with E-state index in [1.54, 1.807) is 6.08 Å². The van der Waals surface area contributed by atoms with Crippen molar-refractivity contribution in [2.45, 2.75) is 12.8 Å². The highest BCUT2D eigenvalue weighted by atomic mass is 16.1. The van der Waals surface area contributed by atoms with Gasteiger partial charge in [0.25, 0.3) is 0 Å². The molecule has 0 saturated heterocycles. The summed E-state index contributed by atoms with van der Waals surface area (Å²) in [7, 11) is 0. The topological polar surface area (TPSA) is 17.1 Å². The average molecular weight is 208 g/mol. The number of allylic oxidation sites excluding steroid dienone is 1. The summed E-state index contributed by atoms with van der Waals surface area (Å²) < 4.78 is 0. The van der Waals surface area contributed by atoms with E-state index in [-0.39, 0.29) is 0 Å². The number of hydrogen-bond acceptors (Lipinski definition) is 1. The van der Waals surface area contributed by atoms with Crippen molar-refractivity contribution in [3.05, 3.63) is 48.0 Å². The maximum atomic E-state index is 10.1. The molecule has 78 valence electrons. The lowest BCUT2D eigenvalue weighted by molar-refractivity contribution is -0.107. The molecule has 1 heteroatoms. The molecule has 1 nitrogen and oxygen atoms in total. The van der Waals surface area contributed by atoms with Crippen LogP contribution in [-0.2, 0) is 4.79 Å². The van der Waals surface area contributed by atoms with Gasteiger partial charge in [0.15, 0.2) is 0 Å². The van der Waals surface area contributed by atoms with E-state index in [2.05, 4.69) is 30.3 Å². The Morgan fingerprint density at radius 2 is 1.88 bits per heavy atom. The van der Waals surface area contributed by atoms with Crippen molar-refractivity contribution in [2.24, 2.45) is 0 Å². The molecule has 0 aliphatic rings. The van der Waals surface area contributed by atoms with Gasteiger partial charge in [0.2, 0.25) is 0 Å². The smallest absolute Gasteiger partial charge is 0.120 e. The number of carbonyl (C=O) groups excluding carboxylic acids is 1. The maximum Gasteiger partial charge on any atom is 0.120 e. The first-order valence-electron chi connectivity index (χ1n) is 5.02. The van der Waals surface area contributed by atoms with E-state index in [9.17, 15) is 4.79 Å². The SMILES string of the molecule is C=CC#Cc1ccccc1C#CCCC=O. The zero-order valence-electron chi connectivity index (χ0n) is 8.99. The van der Waals surface area contributed by atoms with Crippen LogP contribution in [0.1, 0.15) is 24.0 Å². The van der Waals surface area contributed by atoms with Crippen LogP contribution in [0.2, 0.25) is 0 Å². The summed E-state index contributed by atoms with van der Waals surface area (Å²) in [4.78, 5) is 10.1. The van der Waals surface area contributed by atoms with Crippen LogP contribution in [-0.4, -0.2) is 6.29 Å². The van der Waals surface area contributed by atoms with Crippen molar-refractivity contribution in [2.75, 3.05) is 0 Å². The number of rotatable bonds is 2. The Bertz CT molecular complexity index is 489. The van der Waals surface area contributed by atoms with E-state index in [0.29, 0.717) is 12.8 Å². The van der Waals surface area contributed by atoms with Gasteiger partial charge in [-0.15, -0.1) is 0 Å². The molecule has 0 amide bonds. The minimum atomic E-state index is 0.480. The van der Waals surface area contributed by atoms with Gasteiger partial charge in [-0.1, -0.05) is 42.4 Å². The van der Waals surface area contributed by atoms with E-state index < -0.39 is 0 Å². The molecule has 0 aromatic heterocycles. The molecular formula is C15H12O. The van der Waals surface area contributed by atoms with Crippen LogP contribution in [0.3, 0.4) is 0 Å². The molecule has 0 N–H and O–H groups in total. The number of benzene rings is 1. The molecule has 0 spiro atoms. The summed E-state index contributed by atoms with van der Waals surface area (Å²) in [6, 6.07) is 7.67. The van der Waals surface area contributed by atoms with Gasteiger partial charge in [0, 0.05) is 24.0 Å². The van der Waals surface area contributed by atoms with E-state index in [1.807, 2.05) is 24.3 Å². The Balaban J connectivity index is 2.88. The summed E-state index contributed by atoms with van der Waals surface area (Å²) in [5.41, 5.74) is 1.78. The normalized spacial score (nSPS) is 8.00. The van der Waals surface area contributed by atoms with Crippen LogP contribution < -0.4 is 0 Å². The Morgan fingerprint density at radius 1 is 1.19 bits per heavy atom. The lowest BCUT2D eigenvalue weighted by atomic mass is 10.1. The summed E-state index contributed by atoms with van der Waals surface area (Å²) >= 11 is 0. The molecule has 0 aliphatic carbocycles. The second kappa shape index (κ2) is 7.10. The van der Waals surface area contributed by atoms with Gasteiger partial charge in [0.1, 0.15) is 6.29 Å².